The largest absolute Gasteiger partial charge is 0.481 e. The van der Waals surface area contributed by atoms with Gasteiger partial charge >= 0.3 is 12.0 Å². The van der Waals surface area contributed by atoms with Gasteiger partial charge in [-0.25, -0.2) is 4.79 Å². The number of hydrogen-bond donors (Lipinski definition) is 1. The number of carbonyl (C=O) groups excluding carboxylic acids is 1. The number of aliphatic carboxylic acids is 1. The number of carbonyl (C=O) groups is 2. The maximum absolute atomic E-state index is 12.2. The highest BCUT2D eigenvalue weighted by atomic mass is 16.4. The lowest BCUT2D eigenvalue weighted by Gasteiger charge is -2.22. The number of rotatable bonds is 4. The van der Waals surface area contributed by atoms with Crippen molar-refractivity contribution in [1.29, 1.82) is 0 Å². The second-order valence-electron chi connectivity index (χ2n) is 4.79. The molecular formula is C13H17N3O3. The number of urea groups is 1. The zero-order valence-electron chi connectivity index (χ0n) is 11.0. The van der Waals surface area contributed by atoms with Gasteiger partial charge in [0.25, 0.3) is 0 Å². The molecule has 2 heterocycles. The van der Waals surface area contributed by atoms with Gasteiger partial charge in [-0.3, -0.25) is 9.78 Å². The van der Waals surface area contributed by atoms with Crippen molar-refractivity contribution in [1.82, 2.24) is 14.8 Å². The second kappa shape index (κ2) is 5.26. The summed E-state index contributed by atoms with van der Waals surface area (Å²) in [5.74, 6) is -0.896. The van der Waals surface area contributed by atoms with Crippen molar-refractivity contribution in [3.05, 3.63) is 30.1 Å². The molecule has 2 rings (SSSR count). The summed E-state index contributed by atoms with van der Waals surface area (Å²) in [4.78, 5) is 30.2. The monoisotopic (exact) mass is 263 g/mol. The first-order chi connectivity index (χ1) is 9.00. The first-order valence-electron chi connectivity index (χ1n) is 6.16. The molecule has 0 bridgehead atoms. The summed E-state index contributed by atoms with van der Waals surface area (Å²) in [5, 5.41) is 8.82. The number of pyridine rings is 1. The van der Waals surface area contributed by atoms with Crippen LogP contribution in [0.5, 0.6) is 0 Å². The lowest BCUT2D eigenvalue weighted by Crippen LogP contribution is -2.37. The summed E-state index contributed by atoms with van der Waals surface area (Å²) in [6, 6.07) is 3.23. The molecule has 1 saturated heterocycles. The minimum absolute atomic E-state index is 0.0423. The third-order valence-corrected chi connectivity index (χ3v) is 3.46. The van der Waals surface area contributed by atoms with E-state index in [1.54, 1.807) is 36.2 Å². The van der Waals surface area contributed by atoms with Gasteiger partial charge < -0.3 is 14.9 Å². The summed E-state index contributed by atoms with van der Waals surface area (Å²) in [6.07, 6.45) is 3.38. The van der Waals surface area contributed by atoms with Crippen molar-refractivity contribution in [2.45, 2.75) is 25.4 Å². The molecule has 1 fully saturated rings. The van der Waals surface area contributed by atoms with Gasteiger partial charge in [0.1, 0.15) is 0 Å². The lowest BCUT2D eigenvalue weighted by atomic mass is 10.1. The maximum atomic E-state index is 12.2. The summed E-state index contributed by atoms with van der Waals surface area (Å²) >= 11 is 0. The lowest BCUT2D eigenvalue weighted by molar-refractivity contribution is -0.137. The van der Waals surface area contributed by atoms with Crippen molar-refractivity contribution in [2.24, 2.45) is 0 Å². The van der Waals surface area contributed by atoms with Crippen molar-refractivity contribution >= 4 is 12.0 Å². The maximum Gasteiger partial charge on any atom is 0.320 e. The highest BCUT2D eigenvalue weighted by molar-refractivity contribution is 5.78. The zero-order chi connectivity index (χ0) is 14.0. The SMILES string of the molecule is CC(CC(=O)O)N1CC(c2cccnc2)N(C)C1=O. The minimum Gasteiger partial charge on any atom is -0.481 e. The van der Waals surface area contributed by atoms with E-state index in [9.17, 15) is 9.59 Å². The van der Waals surface area contributed by atoms with Crippen LogP contribution in [0.3, 0.4) is 0 Å². The Morgan fingerprint density at radius 1 is 1.63 bits per heavy atom. The van der Waals surface area contributed by atoms with Crippen molar-refractivity contribution in [2.75, 3.05) is 13.6 Å². The molecule has 0 aliphatic carbocycles. The molecule has 1 aliphatic heterocycles. The molecule has 0 radical (unpaired) electrons. The summed E-state index contributed by atoms with van der Waals surface area (Å²) < 4.78 is 0. The Kier molecular flexibility index (Phi) is 3.69. The summed E-state index contributed by atoms with van der Waals surface area (Å²) in [7, 11) is 1.73. The van der Waals surface area contributed by atoms with E-state index >= 15 is 0 Å². The van der Waals surface area contributed by atoms with Gasteiger partial charge in [0.15, 0.2) is 0 Å². The Hall–Kier alpha value is -2.11. The molecule has 1 N–H and O–H groups in total. The number of amides is 2. The fourth-order valence-electron chi connectivity index (χ4n) is 2.36. The van der Waals surface area contributed by atoms with Crippen molar-refractivity contribution in [3.63, 3.8) is 0 Å². The van der Waals surface area contributed by atoms with E-state index in [4.69, 9.17) is 5.11 Å². The van der Waals surface area contributed by atoms with E-state index in [0.29, 0.717) is 6.54 Å². The molecule has 1 aromatic heterocycles. The summed E-state index contributed by atoms with van der Waals surface area (Å²) in [6.45, 7) is 2.25. The third kappa shape index (κ3) is 2.67. The van der Waals surface area contributed by atoms with Gasteiger partial charge in [0.2, 0.25) is 0 Å². The van der Waals surface area contributed by atoms with Crippen LogP contribution in [0.4, 0.5) is 4.79 Å². The zero-order valence-corrected chi connectivity index (χ0v) is 11.0. The van der Waals surface area contributed by atoms with E-state index < -0.39 is 5.97 Å². The normalized spacial score (nSPS) is 20.7. The molecule has 2 unspecified atom stereocenters. The first kappa shape index (κ1) is 13.3. The van der Waals surface area contributed by atoms with E-state index in [1.807, 2.05) is 12.1 Å². The van der Waals surface area contributed by atoms with E-state index in [1.165, 1.54) is 0 Å². The predicted octanol–water partition coefficient (Wildman–Crippen LogP) is 1.35. The Labute approximate surface area is 111 Å². The molecule has 2 amide bonds. The first-order valence-corrected chi connectivity index (χ1v) is 6.16. The quantitative estimate of drug-likeness (QED) is 0.890. The Morgan fingerprint density at radius 3 is 2.95 bits per heavy atom. The number of likely N-dealkylation sites (N-methyl/N-ethyl adjacent to an activating group) is 1. The van der Waals surface area contributed by atoms with Gasteiger partial charge in [-0.2, -0.15) is 0 Å². The van der Waals surface area contributed by atoms with E-state index in [0.717, 1.165) is 5.56 Å². The number of aromatic nitrogens is 1. The smallest absolute Gasteiger partial charge is 0.320 e. The molecule has 0 saturated carbocycles. The number of carboxylic acids is 1. The van der Waals surface area contributed by atoms with Crippen LogP contribution in [0.1, 0.15) is 24.9 Å². The van der Waals surface area contributed by atoms with E-state index in [2.05, 4.69) is 4.98 Å². The van der Waals surface area contributed by atoms with Crippen LogP contribution in [-0.2, 0) is 4.79 Å². The fourth-order valence-corrected chi connectivity index (χ4v) is 2.36. The molecule has 6 nitrogen and oxygen atoms in total. The van der Waals surface area contributed by atoms with Gasteiger partial charge in [-0.1, -0.05) is 6.07 Å². The molecule has 0 aromatic carbocycles. The van der Waals surface area contributed by atoms with Gasteiger partial charge in [0, 0.05) is 32.0 Å². The molecule has 6 heteroatoms. The van der Waals surface area contributed by atoms with Crippen LogP contribution in [0.2, 0.25) is 0 Å². The Balaban J connectivity index is 2.15. The molecule has 2 atom stereocenters. The highest BCUT2D eigenvalue weighted by Crippen LogP contribution is 2.29. The number of hydrogen-bond acceptors (Lipinski definition) is 3. The van der Waals surface area contributed by atoms with Crippen LogP contribution < -0.4 is 0 Å². The Bertz CT molecular complexity index is 477. The Morgan fingerprint density at radius 2 is 2.37 bits per heavy atom. The molecular weight excluding hydrogens is 246 g/mol. The van der Waals surface area contributed by atoms with Crippen LogP contribution >= 0.6 is 0 Å². The average Bonchev–Trinajstić information content (AvgIpc) is 2.67. The van der Waals surface area contributed by atoms with Crippen LogP contribution in [-0.4, -0.2) is 51.5 Å². The van der Waals surface area contributed by atoms with Crippen molar-refractivity contribution in [3.8, 4) is 0 Å². The van der Waals surface area contributed by atoms with Crippen molar-refractivity contribution < 1.29 is 14.7 Å². The molecule has 1 aliphatic rings. The highest BCUT2D eigenvalue weighted by Gasteiger charge is 2.38. The number of nitrogens with zero attached hydrogens (tertiary/aromatic N) is 3. The third-order valence-electron chi connectivity index (χ3n) is 3.46. The minimum atomic E-state index is -0.896. The molecule has 0 spiro atoms. The molecule has 19 heavy (non-hydrogen) atoms. The average molecular weight is 263 g/mol. The van der Waals surface area contributed by atoms with Gasteiger partial charge in [0.05, 0.1) is 12.5 Å². The van der Waals surface area contributed by atoms with E-state index in [-0.39, 0.29) is 24.5 Å². The second-order valence-corrected chi connectivity index (χ2v) is 4.79. The van der Waals surface area contributed by atoms with Crippen LogP contribution in [0.25, 0.3) is 0 Å². The summed E-state index contributed by atoms with van der Waals surface area (Å²) in [5.41, 5.74) is 0.961. The predicted molar refractivity (Wildman–Crippen MR) is 68.6 cm³/mol. The fraction of sp³-hybridized carbons (Fsp3) is 0.462. The van der Waals surface area contributed by atoms with Crippen LogP contribution in [0, 0.1) is 0 Å². The van der Waals surface area contributed by atoms with Gasteiger partial charge in [-0.05, 0) is 18.6 Å². The standard InChI is InChI=1S/C13H17N3O3/c1-9(6-12(17)18)16-8-11(15(2)13(16)19)10-4-3-5-14-7-10/h3-5,7,9,11H,6,8H2,1-2H3,(H,17,18). The molecule has 102 valence electrons. The topological polar surface area (TPSA) is 73.7 Å². The van der Waals surface area contributed by atoms with Gasteiger partial charge in [-0.15, -0.1) is 0 Å². The molecule has 1 aromatic rings. The number of carboxylic acid groups (broad SMARTS) is 1. The van der Waals surface area contributed by atoms with Crippen LogP contribution in [0.15, 0.2) is 24.5 Å².